The Hall–Kier alpha value is -2.76. The zero-order valence-electron chi connectivity index (χ0n) is 10.1. The van der Waals surface area contributed by atoms with E-state index in [-0.39, 0.29) is 17.3 Å². The molecule has 0 fully saturated rings. The van der Waals surface area contributed by atoms with Gasteiger partial charge in [-0.3, -0.25) is 9.20 Å². The zero-order chi connectivity index (χ0) is 14.1. The molecule has 1 aromatic carbocycles. The van der Waals surface area contributed by atoms with Crippen LogP contribution in [0.15, 0.2) is 42.6 Å². The lowest BCUT2D eigenvalue weighted by atomic mass is 10.3. The van der Waals surface area contributed by atoms with Crippen molar-refractivity contribution < 1.29 is 18.3 Å². The smallest absolute Gasteiger partial charge is 0.249 e. The molecule has 0 unspecified atom stereocenters. The summed E-state index contributed by atoms with van der Waals surface area (Å²) in [5.74, 6) is -1.80. The maximum atomic E-state index is 13.5. The molecular formula is C14H8F2N2O2. The molecule has 2 aromatic heterocycles. The van der Waals surface area contributed by atoms with Gasteiger partial charge in [0.1, 0.15) is 11.5 Å². The van der Waals surface area contributed by atoms with Gasteiger partial charge in [-0.25, -0.2) is 8.78 Å². The van der Waals surface area contributed by atoms with E-state index in [2.05, 4.69) is 4.98 Å². The number of aromatic nitrogens is 2. The molecule has 3 aromatic rings. The van der Waals surface area contributed by atoms with E-state index in [4.69, 9.17) is 4.74 Å². The summed E-state index contributed by atoms with van der Waals surface area (Å²) in [5, 5.41) is 0. The summed E-state index contributed by atoms with van der Waals surface area (Å²) < 4.78 is 33.2. The van der Waals surface area contributed by atoms with Gasteiger partial charge in [-0.15, -0.1) is 0 Å². The Balaban J connectivity index is 2.08. The molecule has 0 radical (unpaired) electrons. The topological polar surface area (TPSA) is 43.6 Å². The number of carbonyl (C=O) groups excluding carboxylic acids is 1. The Labute approximate surface area is 112 Å². The van der Waals surface area contributed by atoms with Gasteiger partial charge in [0.2, 0.25) is 5.88 Å². The quantitative estimate of drug-likeness (QED) is 0.689. The lowest BCUT2D eigenvalue weighted by Crippen LogP contribution is -1.94. The van der Waals surface area contributed by atoms with Crippen LogP contribution in [0, 0.1) is 11.6 Å². The van der Waals surface area contributed by atoms with E-state index in [9.17, 15) is 13.6 Å². The predicted molar refractivity (Wildman–Crippen MR) is 67.0 cm³/mol. The Bertz CT molecular complexity index is 799. The van der Waals surface area contributed by atoms with Gasteiger partial charge in [0.15, 0.2) is 23.5 Å². The molecule has 6 heteroatoms. The molecule has 0 saturated carbocycles. The van der Waals surface area contributed by atoms with Crippen molar-refractivity contribution in [2.24, 2.45) is 0 Å². The second-order valence-corrected chi connectivity index (χ2v) is 4.03. The second-order valence-electron chi connectivity index (χ2n) is 4.03. The van der Waals surface area contributed by atoms with Crippen molar-refractivity contribution in [1.29, 1.82) is 0 Å². The van der Waals surface area contributed by atoms with Crippen molar-refractivity contribution >= 4 is 11.9 Å². The fourth-order valence-corrected chi connectivity index (χ4v) is 1.84. The second kappa shape index (κ2) is 4.73. The number of aldehydes is 1. The number of nitrogens with zero attached hydrogens (tertiary/aromatic N) is 2. The molecule has 0 aliphatic carbocycles. The Morgan fingerprint density at radius 1 is 1.20 bits per heavy atom. The molecule has 4 nitrogen and oxygen atoms in total. The van der Waals surface area contributed by atoms with Gasteiger partial charge in [0.05, 0.1) is 0 Å². The minimum atomic E-state index is -0.862. The zero-order valence-corrected chi connectivity index (χ0v) is 10.1. The van der Waals surface area contributed by atoms with Crippen LogP contribution >= 0.6 is 0 Å². The summed E-state index contributed by atoms with van der Waals surface area (Å²) in [7, 11) is 0. The van der Waals surface area contributed by atoms with E-state index in [1.54, 1.807) is 24.4 Å². The Morgan fingerprint density at radius 2 is 2.05 bits per heavy atom. The minimum Gasteiger partial charge on any atom is -0.434 e. The van der Waals surface area contributed by atoms with Crippen LogP contribution < -0.4 is 4.74 Å². The molecule has 0 spiro atoms. The van der Waals surface area contributed by atoms with Crippen LogP contribution in [0.4, 0.5) is 8.78 Å². The van der Waals surface area contributed by atoms with E-state index in [0.29, 0.717) is 18.0 Å². The molecule has 0 amide bonds. The van der Waals surface area contributed by atoms with Gasteiger partial charge in [-0.05, 0) is 24.3 Å². The van der Waals surface area contributed by atoms with E-state index >= 15 is 0 Å². The molecule has 20 heavy (non-hydrogen) atoms. The number of fused-ring (bicyclic) bond motifs is 1. The Kier molecular flexibility index (Phi) is 2.90. The average molecular weight is 274 g/mol. The van der Waals surface area contributed by atoms with Crippen molar-refractivity contribution in [3.05, 3.63) is 59.9 Å². The molecular weight excluding hydrogens is 266 g/mol. The molecule has 0 atom stereocenters. The summed E-state index contributed by atoms with van der Waals surface area (Å²) in [4.78, 5) is 15.2. The number of benzene rings is 1. The highest BCUT2D eigenvalue weighted by atomic mass is 19.1. The number of ether oxygens (including phenoxy) is 1. The summed E-state index contributed by atoms with van der Waals surface area (Å²) in [6.07, 6.45) is 2.21. The number of imidazole rings is 1. The van der Waals surface area contributed by atoms with Gasteiger partial charge >= 0.3 is 0 Å². The average Bonchev–Trinajstić information content (AvgIpc) is 2.79. The number of hydrogen-bond acceptors (Lipinski definition) is 3. The minimum absolute atomic E-state index is 0.0308. The number of pyridine rings is 1. The molecule has 0 bridgehead atoms. The van der Waals surface area contributed by atoms with Crippen LogP contribution in [0.25, 0.3) is 5.65 Å². The SMILES string of the molecule is O=Cc1c(Oc2ccc(F)cc2F)nc2ccccn12. The summed E-state index contributed by atoms with van der Waals surface area (Å²) in [6.45, 7) is 0. The van der Waals surface area contributed by atoms with Crippen LogP contribution in [0.5, 0.6) is 11.6 Å². The van der Waals surface area contributed by atoms with Gasteiger partial charge in [-0.2, -0.15) is 4.98 Å². The van der Waals surface area contributed by atoms with Gasteiger partial charge in [-0.1, -0.05) is 6.07 Å². The first kappa shape index (κ1) is 12.3. The first-order valence-corrected chi connectivity index (χ1v) is 5.74. The third kappa shape index (κ3) is 2.01. The number of halogens is 2. The Morgan fingerprint density at radius 3 is 2.80 bits per heavy atom. The van der Waals surface area contributed by atoms with Crippen LogP contribution in [-0.2, 0) is 0 Å². The monoisotopic (exact) mass is 274 g/mol. The van der Waals surface area contributed by atoms with Crippen LogP contribution in [0.1, 0.15) is 10.5 Å². The van der Waals surface area contributed by atoms with Crippen LogP contribution in [0.3, 0.4) is 0 Å². The number of hydrogen-bond donors (Lipinski definition) is 0. The van der Waals surface area contributed by atoms with Crippen molar-refractivity contribution in [2.75, 3.05) is 0 Å². The van der Waals surface area contributed by atoms with Crippen molar-refractivity contribution in [2.45, 2.75) is 0 Å². The lowest BCUT2D eigenvalue weighted by Gasteiger charge is -2.04. The highest BCUT2D eigenvalue weighted by molar-refractivity contribution is 5.78. The van der Waals surface area contributed by atoms with Crippen molar-refractivity contribution in [3.63, 3.8) is 0 Å². The fraction of sp³-hybridized carbons (Fsp3) is 0. The normalized spacial score (nSPS) is 10.7. The molecule has 0 N–H and O–H groups in total. The molecule has 2 heterocycles. The van der Waals surface area contributed by atoms with E-state index in [0.717, 1.165) is 12.1 Å². The third-order valence-electron chi connectivity index (χ3n) is 2.75. The van der Waals surface area contributed by atoms with Gasteiger partial charge in [0.25, 0.3) is 0 Å². The standard InChI is InChI=1S/C14H8F2N2O2/c15-9-4-5-12(10(16)7-9)20-14-11(8-19)18-6-2-1-3-13(18)17-14/h1-8H. The fourth-order valence-electron chi connectivity index (χ4n) is 1.84. The molecule has 0 aliphatic rings. The van der Waals surface area contributed by atoms with E-state index < -0.39 is 11.6 Å². The number of rotatable bonds is 3. The largest absolute Gasteiger partial charge is 0.434 e. The van der Waals surface area contributed by atoms with Gasteiger partial charge in [0, 0.05) is 12.3 Å². The van der Waals surface area contributed by atoms with E-state index in [1.165, 1.54) is 4.40 Å². The van der Waals surface area contributed by atoms with Crippen molar-refractivity contribution in [1.82, 2.24) is 9.38 Å². The first-order valence-electron chi connectivity index (χ1n) is 5.74. The number of carbonyl (C=O) groups is 1. The molecule has 100 valence electrons. The summed E-state index contributed by atoms with van der Waals surface area (Å²) in [6, 6.07) is 8.06. The molecule has 3 rings (SSSR count). The van der Waals surface area contributed by atoms with Crippen molar-refractivity contribution in [3.8, 4) is 11.6 Å². The maximum absolute atomic E-state index is 13.5. The third-order valence-corrected chi connectivity index (χ3v) is 2.75. The summed E-state index contributed by atoms with van der Waals surface area (Å²) >= 11 is 0. The highest BCUT2D eigenvalue weighted by Crippen LogP contribution is 2.27. The van der Waals surface area contributed by atoms with Crippen LogP contribution in [-0.4, -0.2) is 15.7 Å². The molecule has 0 saturated heterocycles. The lowest BCUT2D eigenvalue weighted by molar-refractivity contribution is 0.111. The predicted octanol–water partition coefficient (Wildman–Crippen LogP) is 3.22. The van der Waals surface area contributed by atoms with Crippen LogP contribution in [0.2, 0.25) is 0 Å². The summed E-state index contributed by atoms with van der Waals surface area (Å²) in [5.41, 5.74) is 0.649. The maximum Gasteiger partial charge on any atom is 0.249 e. The van der Waals surface area contributed by atoms with E-state index in [1.807, 2.05) is 0 Å². The first-order chi connectivity index (χ1) is 9.69. The van der Waals surface area contributed by atoms with Gasteiger partial charge < -0.3 is 4.74 Å². The molecule has 0 aliphatic heterocycles. The highest BCUT2D eigenvalue weighted by Gasteiger charge is 2.15.